The van der Waals surface area contributed by atoms with Gasteiger partial charge in [0.25, 0.3) is 0 Å². The maximum absolute atomic E-state index is 13.7. The van der Waals surface area contributed by atoms with Gasteiger partial charge in [0.05, 0.1) is 7.11 Å². The molecule has 1 aliphatic carbocycles. The molecule has 1 fully saturated rings. The zero-order valence-electron chi connectivity index (χ0n) is 19.3. The number of anilines is 1. The number of ketones is 1. The number of hydrogen-bond donors (Lipinski definition) is 3. The van der Waals surface area contributed by atoms with Crippen LogP contribution in [-0.4, -0.2) is 37.1 Å². The Kier molecular flexibility index (Phi) is 7.39. The van der Waals surface area contributed by atoms with Crippen LogP contribution in [-0.2, 0) is 4.79 Å². The average Bonchev–Trinajstić information content (AvgIpc) is 2.72. The van der Waals surface area contributed by atoms with E-state index in [2.05, 4.69) is 20.9 Å². The maximum Gasteiger partial charge on any atom is 0.421 e. The fourth-order valence-electron chi connectivity index (χ4n) is 4.16. The minimum Gasteiger partial charge on any atom is -0.497 e. The van der Waals surface area contributed by atoms with Crippen molar-refractivity contribution >= 4 is 17.7 Å². The number of allylic oxidation sites excluding steroid dienone is 3. The van der Waals surface area contributed by atoms with E-state index >= 15 is 0 Å². The minimum absolute atomic E-state index is 0.0363. The van der Waals surface area contributed by atoms with Crippen molar-refractivity contribution < 1.29 is 22.7 Å². The van der Waals surface area contributed by atoms with Gasteiger partial charge in [-0.15, -0.1) is 0 Å². The number of ether oxygens (including phenoxy) is 1. The van der Waals surface area contributed by atoms with Crippen molar-refractivity contribution in [2.75, 3.05) is 12.4 Å². The van der Waals surface area contributed by atoms with Gasteiger partial charge < -0.3 is 20.7 Å². The van der Waals surface area contributed by atoms with E-state index in [0.29, 0.717) is 24.3 Å². The van der Waals surface area contributed by atoms with Gasteiger partial charge in [-0.3, -0.25) is 4.79 Å². The second-order valence-corrected chi connectivity index (χ2v) is 8.93. The van der Waals surface area contributed by atoms with Crippen molar-refractivity contribution in [2.24, 2.45) is 10.9 Å². The highest BCUT2D eigenvalue weighted by molar-refractivity contribution is 5.92. The van der Waals surface area contributed by atoms with Crippen molar-refractivity contribution in [1.82, 2.24) is 10.6 Å². The molecule has 0 saturated heterocycles. The fourth-order valence-corrected chi connectivity index (χ4v) is 4.16. The van der Waals surface area contributed by atoms with Crippen molar-refractivity contribution in [3.05, 3.63) is 47.3 Å². The molecule has 0 bridgehead atoms. The largest absolute Gasteiger partial charge is 0.497 e. The summed E-state index contributed by atoms with van der Waals surface area (Å²) >= 11 is 0. The first kappa shape index (κ1) is 24.7. The summed E-state index contributed by atoms with van der Waals surface area (Å²) in [5.41, 5.74) is 0.688. The Hall–Kier alpha value is -2.97. The molecule has 0 amide bonds. The molecule has 1 aliphatic heterocycles. The Balaban J connectivity index is 1.79. The van der Waals surface area contributed by atoms with E-state index in [1.807, 2.05) is 13.8 Å². The Morgan fingerprint density at radius 2 is 2.06 bits per heavy atom. The predicted octanol–water partition coefficient (Wildman–Crippen LogP) is 4.91. The topological polar surface area (TPSA) is 74.8 Å². The van der Waals surface area contributed by atoms with Gasteiger partial charge in [-0.2, -0.15) is 13.2 Å². The number of hydrogen-bond acceptors (Lipinski definition) is 6. The number of rotatable bonds is 7. The van der Waals surface area contributed by atoms with Crippen LogP contribution in [0.1, 0.15) is 46.5 Å². The summed E-state index contributed by atoms with van der Waals surface area (Å²) in [5.74, 6) is -0.901. The molecule has 2 aliphatic rings. The zero-order chi connectivity index (χ0) is 24.2. The Labute approximate surface area is 192 Å². The Bertz CT molecular complexity index is 967. The Morgan fingerprint density at radius 1 is 1.30 bits per heavy atom. The van der Waals surface area contributed by atoms with Crippen LogP contribution in [0.25, 0.3) is 0 Å². The van der Waals surface area contributed by atoms with Gasteiger partial charge in [-0.1, -0.05) is 18.1 Å². The molecular formula is C24H31F3N4O2. The summed E-state index contributed by atoms with van der Waals surface area (Å²) in [4.78, 5) is 16.6. The molecule has 1 unspecified atom stereocenters. The molecule has 1 aromatic carbocycles. The standard InChI is InChI=1S/C24H31F3N4O2/c1-15(2)11-21(32)16-7-5-8-17(12-16)29-22-20(24(25,26)27)14-28-23(3,31-22)30-18-9-6-10-19(13-18)33-4/h6,9-11,13-14,16-17,29-31H,5,7-8,12H2,1-4H3/t16-,17+,23?/m0/s1. The molecule has 0 aromatic heterocycles. The van der Waals surface area contributed by atoms with E-state index in [1.54, 1.807) is 37.3 Å². The van der Waals surface area contributed by atoms with E-state index in [-0.39, 0.29) is 23.6 Å². The molecule has 6 nitrogen and oxygen atoms in total. The molecule has 3 N–H and O–H groups in total. The van der Waals surface area contributed by atoms with Gasteiger partial charge in [0.1, 0.15) is 17.1 Å². The number of halogens is 3. The maximum atomic E-state index is 13.7. The number of carbonyl (C=O) groups is 1. The van der Waals surface area contributed by atoms with Gasteiger partial charge in [-0.25, -0.2) is 4.99 Å². The number of alkyl halides is 3. The lowest BCUT2D eigenvalue weighted by Gasteiger charge is -2.38. The molecule has 0 radical (unpaired) electrons. The lowest BCUT2D eigenvalue weighted by atomic mass is 9.82. The van der Waals surface area contributed by atoms with Crippen molar-refractivity contribution in [2.45, 2.75) is 64.5 Å². The van der Waals surface area contributed by atoms with Crippen LogP contribution in [0.15, 0.2) is 52.3 Å². The first-order valence-electron chi connectivity index (χ1n) is 11.0. The molecule has 1 heterocycles. The summed E-state index contributed by atoms with van der Waals surface area (Å²) in [6, 6.07) is 6.81. The SMILES string of the molecule is COc1cccc(NC2(C)N=CC(C(F)(F)F)=C(N[C@@H]3CCC[C@H](C(=O)C=C(C)C)C3)N2)c1. The molecular weight excluding hydrogens is 433 g/mol. The van der Waals surface area contributed by atoms with Gasteiger partial charge >= 0.3 is 6.18 Å². The molecule has 3 atom stereocenters. The second-order valence-electron chi connectivity index (χ2n) is 8.93. The van der Waals surface area contributed by atoms with E-state index in [0.717, 1.165) is 24.6 Å². The van der Waals surface area contributed by atoms with Crippen molar-refractivity contribution in [1.29, 1.82) is 0 Å². The van der Waals surface area contributed by atoms with Gasteiger partial charge in [-0.05, 0) is 58.2 Å². The summed E-state index contributed by atoms with van der Waals surface area (Å²) in [7, 11) is 1.54. The van der Waals surface area contributed by atoms with E-state index < -0.39 is 17.5 Å². The van der Waals surface area contributed by atoms with E-state index in [1.165, 1.54) is 7.11 Å². The lowest BCUT2D eigenvalue weighted by Crippen LogP contribution is -2.55. The smallest absolute Gasteiger partial charge is 0.421 e. The van der Waals surface area contributed by atoms with Crippen LogP contribution >= 0.6 is 0 Å². The van der Waals surface area contributed by atoms with Gasteiger partial charge in [0.2, 0.25) is 5.79 Å². The first-order valence-corrected chi connectivity index (χ1v) is 11.0. The number of benzene rings is 1. The number of methoxy groups -OCH3 is 1. The summed E-state index contributed by atoms with van der Waals surface area (Å²) in [6.07, 6.45) is 0.571. The number of nitrogens with one attached hydrogen (secondary N) is 3. The second kappa shape index (κ2) is 9.89. The van der Waals surface area contributed by atoms with Crippen LogP contribution in [0, 0.1) is 5.92 Å². The number of carbonyl (C=O) groups excluding carboxylic acids is 1. The average molecular weight is 465 g/mol. The monoisotopic (exact) mass is 464 g/mol. The van der Waals surface area contributed by atoms with Crippen molar-refractivity contribution in [3.63, 3.8) is 0 Å². The number of nitrogens with zero attached hydrogens (tertiary/aromatic N) is 1. The molecule has 3 rings (SSSR count). The third-order valence-electron chi connectivity index (χ3n) is 5.71. The third kappa shape index (κ3) is 6.52. The third-order valence-corrected chi connectivity index (χ3v) is 5.71. The van der Waals surface area contributed by atoms with Crippen LogP contribution in [0.4, 0.5) is 18.9 Å². The van der Waals surface area contributed by atoms with E-state index in [4.69, 9.17) is 4.74 Å². The van der Waals surface area contributed by atoms with E-state index in [9.17, 15) is 18.0 Å². The highest BCUT2D eigenvalue weighted by Crippen LogP contribution is 2.32. The van der Waals surface area contributed by atoms with Crippen LogP contribution in [0.2, 0.25) is 0 Å². The van der Waals surface area contributed by atoms with Crippen molar-refractivity contribution in [3.8, 4) is 5.75 Å². The molecule has 0 spiro atoms. The van der Waals surface area contributed by atoms with Gasteiger partial charge in [0.15, 0.2) is 5.78 Å². The van der Waals surface area contributed by atoms with Crippen LogP contribution < -0.4 is 20.7 Å². The minimum atomic E-state index is -4.58. The molecule has 33 heavy (non-hydrogen) atoms. The van der Waals surface area contributed by atoms with Crippen LogP contribution in [0.3, 0.4) is 0 Å². The molecule has 1 saturated carbocycles. The summed E-state index contributed by atoms with van der Waals surface area (Å²) < 4.78 is 46.4. The molecule has 9 heteroatoms. The summed E-state index contributed by atoms with van der Waals surface area (Å²) in [5, 5.41) is 9.06. The number of aliphatic imine (C=N–C) groups is 1. The predicted molar refractivity (Wildman–Crippen MR) is 123 cm³/mol. The lowest BCUT2D eigenvalue weighted by molar-refractivity contribution is -0.119. The normalized spacial score (nSPS) is 25.2. The fraction of sp³-hybridized carbons (Fsp3) is 0.500. The first-order chi connectivity index (χ1) is 15.5. The molecule has 1 aromatic rings. The highest BCUT2D eigenvalue weighted by Gasteiger charge is 2.41. The zero-order valence-corrected chi connectivity index (χ0v) is 19.3. The highest BCUT2D eigenvalue weighted by atomic mass is 19.4. The van der Waals surface area contributed by atoms with Crippen LogP contribution in [0.5, 0.6) is 5.75 Å². The quantitative estimate of drug-likeness (QED) is 0.500. The molecule has 180 valence electrons. The van der Waals surface area contributed by atoms with Gasteiger partial charge in [0, 0.05) is 29.9 Å². The Morgan fingerprint density at radius 3 is 2.73 bits per heavy atom. The summed E-state index contributed by atoms with van der Waals surface area (Å²) in [6.45, 7) is 5.37.